The summed E-state index contributed by atoms with van der Waals surface area (Å²) in [6.45, 7) is 5.85. The van der Waals surface area contributed by atoms with Crippen LogP contribution in [0, 0.1) is 11.3 Å². The van der Waals surface area contributed by atoms with Crippen LogP contribution in [-0.2, 0) is 14.3 Å². The standard InChI is InChI=1S/C11H19NO3/c1-11(7-15-8-11)6-12-10(13)9-2-4-14-5-3-9/h9H,2-8H2,1H3,(H,12,13). The highest BCUT2D eigenvalue weighted by Crippen LogP contribution is 2.25. The number of amides is 1. The van der Waals surface area contributed by atoms with Gasteiger partial charge in [-0.15, -0.1) is 0 Å². The zero-order chi connectivity index (χ0) is 10.7. The number of rotatable bonds is 3. The van der Waals surface area contributed by atoms with Crippen molar-refractivity contribution in [1.29, 1.82) is 0 Å². The molecule has 4 nitrogen and oxygen atoms in total. The topological polar surface area (TPSA) is 47.6 Å². The second-order valence-corrected chi connectivity index (χ2v) is 4.91. The van der Waals surface area contributed by atoms with Gasteiger partial charge in [-0.05, 0) is 12.8 Å². The SMILES string of the molecule is CC1(CNC(=O)C2CCOCC2)COC1. The van der Waals surface area contributed by atoms with Crippen molar-refractivity contribution in [1.82, 2.24) is 5.32 Å². The number of nitrogens with one attached hydrogen (secondary N) is 1. The van der Waals surface area contributed by atoms with E-state index < -0.39 is 0 Å². The van der Waals surface area contributed by atoms with Gasteiger partial charge in [0.25, 0.3) is 0 Å². The molecule has 2 rings (SSSR count). The largest absolute Gasteiger partial charge is 0.381 e. The van der Waals surface area contributed by atoms with E-state index in [2.05, 4.69) is 12.2 Å². The number of carbonyl (C=O) groups excluding carboxylic acids is 1. The van der Waals surface area contributed by atoms with E-state index in [1.807, 2.05) is 0 Å². The molecule has 0 bridgehead atoms. The van der Waals surface area contributed by atoms with E-state index in [1.165, 1.54) is 0 Å². The highest BCUT2D eigenvalue weighted by Gasteiger charge is 2.34. The minimum absolute atomic E-state index is 0.156. The van der Waals surface area contributed by atoms with Crippen LogP contribution in [-0.4, -0.2) is 38.9 Å². The Balaban J connectivity index is 1.71. The summed E-state index contributed by atoms with van der Waals surface area (Å²) in [5, 5.41) is 3.02. The van der Waals surface area contributed by atoms with E-state index in [0.717, 1.165) is 45.8 Å². The summed E-state index contributed by atoms with van der Waals surface area (Å²) < 4.78 is 10.4. The Morgan fingerprint density at radius 1 is 1.33 bits per heavy atom. The van der Waals surface area contributed by atoms with Crippen molar-refractivity contribution in [2.45, 2.75) is 19.8 Å². The highest BCUT2D eigenvalue weighted by molar-refractivity contribution is 5.78. The summed E-state index contributed by atoms with van der Waals surface area (Å²) in [5.74, 6) is 0.342. The normalized spacial score (nSPS) is 25.7. The van der Waals surface area contributed by atoms with Crippen molar-refractivity contribution in [2.24, 2.45) is 11.3 Å². The van der Waals surface area contributed by atoms with E-state index in [-0.39, 0.29) is 17.2 Å². The van der Waals surface area contributed by atoms with E-state index in [9.17, 15) is 4.79 Å². The lowest BCUT2D eigenvalue weighted by Gasteiger charge is -2.38. The first kappa shape index (κ1) is 10.9. The van der Waals surface area contributed by atoms with Gasteiger partial charge in [0, 0.05) is 31.1 Å². The summed E-state index contributed by atoms with van der Waals surface area (Å²) in [6.07, 6.45) is 1.72. The lowest BCUT2D eigenvalue weighted by molar-refractivity contribution is -0.132. The fraction of sp³-hybridized carbons (Fsp3) is 0.909. The van der Waals surface area contributed by atoms with Crippen LogP contribution >= 0.6 is 0 Å². The second-order valence-electron chi connectivity index (χ2n) is 4.91. The van der Waals surface area contributed by atoms with Crippen molar-refractivity contribution >= 4 is 5.91 Å². The average Bonchev–Trinajstić information content (AvgIpc) is 2.24. The predicted octanol–water partition coefficient (Wildman–Crippen LogP) is 0.566. The summed E-state index contributed by atoms with van der Waals surface area (Å²) in [4.78, 5) is 11.8. The highest BCUT2D eigenvalue weighted by atomic mass is 16.5. The van der Waals surface area contributed by atoms with Crippen LogP contribution in [0.3, 0.4) is 0 Å². The summed E-state index contributed by atoms with van der Waals surface area (Å²) in [5.41, 5.74) is 0.167. The molecule has 1 N–H and O–H groups in total. The van der Waals surface area contributed by atoms with Crippen LogP contribution in [0.25, 0.3) is 0 Å². The molecule has 2 saturated heterocycles. The van der Waals surface area contributed by atoms with Crippen LogP contribution in [0.15, 0.2) is 0 Å². The monoisotopic (exact) mass is 213 g/mol. The maximum atomic E-state index is 11.8. The Morgan fingerprint density at radius 2 is 2.00 bits per heavy atom. The van der Waals surface area contributed by atoms with E-state index >= 15 is 0 Å². The average molecular weight is 213 g/mol. The van der Waals surface area contributed by atoms with E-state index in [4.69, 9.17) is 9.47 Å². The molecule has 4 heteroatoms. The van der Waals surface area contributed by atoms with Crippen LogP contribution in [0.1, 0.15) is 19.8 Å². The van der Waals surface area contributed by atoms with Crippen molar-refractivity contribution in [3.8, 4) is 0 Å². The van der Waals surface area contributed by atoms with Gasteiger partial charge < -0.3 is 14.8 Å². The maximum absolute atomic E-state index is 11.8. The van der Waals surface area contributed by atoms with Gasteiger partial charge in [0.1, 0.15) is 0 Å². The zero-order valence-electron chi connectivity index (χ0n) is 9.25. The van der Waals surface area contributed by atoms with Crippen molar-refractivity contribution in [3.05, 3.63) is 0 Å². The summed E-state index contributed by atoms with van der Waals surface area (Å²) in [7, 11) is 0. The summed E-state index contributed by atoms with van der Waals surface area (Å²) >= 11 is 0. The molecule has 15 heavy (non-hydrogen) atoms. The van der Waals surface area contributed by atoms with Crippen molar-refractivity contribution in [3.63, 3.8) is 0 Å². The minimum Gasteiger partial charge on any atom is -0.381 e. The molecule has 2 heterocycles. The zero-order valence-corrected chi connectivity index (χ0v) is 9.25. The molecule has 0 aliphatic carbocycles. The minimum atomic E-state index is 0.156. The molecule has 2 aliphatic rings. The number of hydrogen-bond acceptors (Lipinski definition) is 3. The number of hydrogen-bond donors (Lipinski definition) is 1. The molecule has 0 saturated carbocycles. The Hall–Kier alpha value is -0.610. The van der Waals surface area contributed by atoms with Crippen LogP contribution in [0.4, 0.5) is 0 Å². The Morgan fingerprint density at radius 3 is 2.53 bits per heavy atom. The van der Waals surface area contributed by atoms with Crippen LogP contribution in [0.2, 0.25) is 0 Å². The van der Waals surface area contributed by atoms with Crippen LogP contribution in [0.5, 0.6) is 0 Å². The molecule has 1 amide bonds. The van der Waals surface area contributed by atoms with Crippen molar-refractivity contribution in [2.75, 3.05) is 33.0 Å². The third-order valence-corrected chi connectivity index (χ3v) is 3.18. The van der Waals surface area contributed by atoms with E-state index in [1.54, 1.807) is 0 Å². The molecule has 2 fully saturated rings. The molecule has 86 valence electrons. The Bertz CT molecular complexity index is 232. The molecule has 0 spiro atoms. The first-order chi connectivity index (χ1) is 7.20. The first-order valence-electron chi connectivity index (χ1n) is 5.63. The maximum Gasteiger partial charge on any atom is 0.223 e. The molecular formula is C11H19NO3. The molecular weight excluding hydrogens is 194 g/mol. The van der Waals surface area contributed by atoms with Gasteiger partial charge in [-0.25, -0.2) is 0 Å². The number of ether oxygens (including phenoxy) is 2. The van der Waals surface area contributed by atoms with Gasteiger partial charge in [-0.2, -0.15) is 0 Å². The fourth-order valence-corrected chi connectivity index (χ4v) is 1.96. The van der Waals surface area contributed by atoms with Gasteiger partial charge in [-0.1, -0.05) is 6.92 Å². The predicted molar refractivity (Wildman–Crippen MR) is 55.5 cm³/mol. The Kier molecular flexibility index (Phi) is 3.26. The smallest absolute Gasteiger partial charge is 0.223 e. The molecule has 0 aromatic heterocycles. The third kappa shape index (κ3) is 2.69. The molecule has 0 aromatic carbocycles. The lowest BCUT2D eigenvalue weighted by atomic mass is 9.88. The molecule has 2 aliphatic heterocycles. The van der Waals surface area contributed by atoms with Gasteiger partial charge in [0.15, 0.2) is 0 Å². The lowest BCUT2D eigenvalue weighted by Crippen LogP contribution is -2.49. The van der Waals surface area contributed by atoms with Gasteiger partial charge in [0.05, 0.1) is 13.2 Å². The van der Waals surface area contributed by atoms with Gasteiger partial charge in [0.2, 0.25) is 5.91 Å². The quantitative estimate of drug-likeness (QED) is 0.745. The molecule has 0 unspecified atom stereocenters. The molecule has 0 aromatic rings. The molecule has 0 atom stereocenters. The fourth-order valence-electron chi connectivity index (χ4n) is 1.96. The first-order valence-corrected chi connectivity index (χ1v) is 5.63. The number of carbonyl (C=O) groups is 1. The van der Waals surface area contributed by atoms with E-state index in [0.29, 0.717) is 0 Å². The van der Waals surface area contributed by atoms with Gasteiger partial charge >= 0.3 is 0 Å². The third-order valence-electron chi connectivity index (χ3n) is 3.18. The second kappa shape index (κ2) is 4.49. The Labute approximate surface area is 90.3 Å². The van der Waals surface area contributed by atoms with Gasteiger partial charge in [-0.3, -0.25) is 4.79 Å². The summed E-state index contributed by atoms with van der Waals surface area (Å²) in [6, 6.07) is 0. The van der Waals surface area contributed by atoms with Crippen LogP contribution < -0.4 is 5.32 Å². The van der Waals surface area contributed by atoms with Crippen molar-refractivity contribution < 1.29 is 14.3 Å². The molecule has 0 radical (unpaired) electrons.